The van der Waals surface area contributed by atoms with Crippen LogP contribution in [0, 0.1) is 28.1 Å². The van der Waals surface area contributed by atoms with Gasteiger partial charge in [0.25, 0.3) is 0 Å². The number of hydrogen-bond acceptors (Lipinski definition) is 10. The molecule has 278 valence electrons. The number of rotatable bonds is 11. The van der Waals surface area contributed by atoms with Crippen LogP contribution < -0.4 is 4.74 Å². The predicted octanol–water partition coefficient (Wildman–Crippen LogP) is 6.90. The monoisotopic (exact) mass is 690 g/mol. The predicted molar refractivity (Wildman–Crippen MR) is 186 cm³/mol. The van der Waals surface area contributed by atoms with E-state index in [1.54, 1.807) is 12.1 Å². The lowest BCUT2D eigenvalue weighted by molar-refractivity contribution is -0.264. The van der Waals surface area contributed by atoms with Crippen molar-refractivity contribution in [1.29, 1.82) is 0 Å². The second-order valence-corrected chi connectivity index (χ2v) is 16.7. The summed E-state index contributed by atoms with van der Waals surface area (Å²) >= 11 is 0. The minimum Gasteiger partial charge on any atom is -0.508 e. The van der Waals surface area contributed by atoms with Gasteiger partial charge in [-0.2, -0.15) is 0 Å². The van der Waals surface area contributed by atoms with Crippen LogP contribution in [0.4, 0.5) is 0 Å². The van der Waals surface area contributed by atoms with Gasteiger partial charge in [-0.05, 0) is 103 Å². The van der Waals surface area contributed by atoms with Gasteiger partial charge in [0.05, 0.1) is 46.6 Å². The summed E-state index contributed by atoms with van der Waals surface area (Å²) in [6.07, 6.45) is 7.00. The van der Waals surface area contributed by atoms with E-state index in [1.165, 1.54) is 12.1 Å². The van der Waals surface area contributed by atoms with E-state index in [0.717, 1.165) is 58.2 Å². The van der Waals surface area contributed by atoms with Crippen molar-refractivity contribution in [3.63, 3.8) is 0 Å². The quantitative estimate of drug-likeness (QED) is 0.165. The van der Waals surface area contributed by atoms with Gasteiger partial charge in [-0.15, -0.1) is 0 Å². The second kappa shape index (κ2) is 15.7. The number of benzene rings is 1. The van der Waals surface area contributed by atoms with Gasteiger partial charge in [0, 0.05) is 19.3 Å². The molecule has 10 heteroatoms. The number of carbonyl (C=O) groups is 3. The van der Waals surface area contributed by atoms with E-state index in [2.05, 4.69) is 6.92 Å². The van der Waals surface area contributed by atoms with Gasteiger partial charge >= 0.3 is 17.9 Å². The number of aromatic hydroxyl groups is 1. The van der Waals surface area contributed by atoms with Crippen molar-refractivity contribution in [2.45, 2.75) is 143 Å². The van der Waals surface area contributed by atoms with Crippen molar-refractivity contribution >= 4 is 17.9 Å². The summed E-state index contributed by atoms with van der Waals surface area (Å²) in [7, 11) is 0. The maximum Gasteiger partial charge on any atom is 0.316 e. The Bertz CT molecular complexity index is 1260. The summed E-state index contributed by atoms with van der Waals surface area (Å²) in [6.45, 7) is 19.4. The van der Waals surface area contributed by atoms with Crippen molar-refractivity contribution in [1.82, 2.24) is 0 Å². The van der Waals surface area contributed by atoms with Gasteiger partial charge in [-0.1, -0.05) is 34.6 Å². The second-order valence-electron chi connectivity index (χ2n) is 16.7. The van der Waals surface area contributed by atoms with Crippen LogP contribution in [0.3, 0.4) is 0 Å². The van der Waals surface area contributed by atoms with E-state index in [9.17, 15) is 24.6 Å². The average molecular weight is 691 g/mol. The average Bonchev–Trinajstić information content (AvgIpc) is 2.99. The number of phenols is 1. The fourth-order valence-electron chi connectivity index (χ4n) is 7.06. The maximum atomic E-state index is 12.4. The lowest BCUT2D eigenvalue weighted by atomic mass is 9.50. The Morgan fingerprint density at radius 2 is 1.39 bits per heavy atom. The van der Waals surface area contributed by atoms with Crippen molar-refractivity contribution < 1.29 is 48.7 Å². The zero-order chi connectivity index (χ0) is 36.9. The standard InChI is InChI=1S/C16H26O4.C12H16O3.C11H20O3/c1-4-13(2,3)12(17)20-16-7-11-5-14(18,9-16)8-15(19,6-11)10-16;1-4-12(2,3)11(14)15-10-7-5-9(13)6-8-10;1-4-9(3)10(12)14-8-11(5-2)6-13-7-11/h11,18-19H,4-10H2,1-3H3;5-8,13H,4H2,1-3H3;9H,4-8H2,1-3H3. The molecule has 3 atom stereocenters. The van der Waals surface area contributed by atoms with Crippen molar-refractivity contribution in [2.24, 2.45) is 28.1 Å². The Labute approximate surface area is 293 Å². The number of esters is 3. The zero-order valence-corrected chi connectivity index (χ0v) is 31.4. The first kappa shape index (κ1) is 40.7. The van der Waals surface area contributed by atoms with Gasteiger partial charge in [0.15, 0.2) is 0 Å². The number of carbonyl (C=O) groups excluding carboxylic acids is 3. The van der Waals surface area contributed by atoms with Crippen LogP contribution in [-0.4, -0.2) is 69.9 Å². The number of ether oxygens (including phenoxy) is 4. The maximum absolute atomic E-state index is 12.4. The lowest BCUT2D eigenvalue weighted by Crippen LogP contribution is -2.67. The Morgan fingerprint density at radius 3 is 1.82 bits per heavy atom. The third-order valence-corrected chi connectivity index (χ3v) is 11.3. The van der Waals surface area contributed by atoms with Gasteiger partial charge in [0.2, 0.25) is 0 Å². The molecule has 4 bridgehead atoms. The smallest absolute Gasteiger partial charge is 0.316 e. The number of hydrogen-bond donors (Lipinski definition) is 3. The molecule has 5 fully saturated rings. The molecule has 49 heavy (non-hydrogen) atoms. The Kier molecular flexibility index (Phi) is 13.0. The van der Waals surface area contributed by atoms with E-state index in [0.29, 0.717) is 31.6 Å². The third-order valence-electron chi connectivity index (χ3n) is 11.3. The SMILES string of the molecule is CCC(C)(C)C(=O)OC12CC3CC(O)(CC(O)(C3)C1)C2.CCC(C)(C)C(=O)Oc1ccc(O)cc1.CCC(C)C(=O)OCC1(CC)COC1. The highest BCUT2D eigenvalue weighted by Gasteiger charge is 2.64. The molecule has 4 aliphatic carbocycles. The molecule has 0 spiro atoms. The molecule has 0 aromatic heterocycles. The number of phenolic OH excluding ortho intramolecular Hbond substituents is 1. The first-order valence-electron chi connectivity index (χ1n) is 18.1. The van der Waals surface area contributed by atoms with Gasteiger partial charge in [0.1, 0.15) is 23.7 Å². The fourth-order valence-corrected chi connectivity index (χ4v) is 7.06. The van der Waals surface area contributed by atoms with Crippen LogP contribution in [-0.2, 0) is 28.6 Å². The summed E-state index contributed by atoms with van der Waals surface area (Å²) in [5.41, 5.74) is -3.20. The van der Waals surface area contributed by atoms with Crippen LogP contribution in [0.1, 0.15) is 127 Å². The van der Waals surface area contributed by atoms with Gasteiger partial charge < -0.3 is 34.3 Å². The highest BCUT2D eigenvalue weighted by atomic mass is 16.6. The van der Waals surface area contributed by atoms with E-state index in [-0.39, 0.29) is 40.9 Å². The molecule has 1 aromatic carbocycles. The van der Waals surface area contributed by atoms with Crippen LogP contribution in [0.15, 0.2) is 24.3 Å². The Balaban J connectivity index is 0.000000204. The molecule has 3 unspecified atom stereocenters. The summed E-state index contributed by atoms with van der Waals surface area (Å²) in [5.74, 6) is 0.379. The van der Waals surface area contributed by atoms with Crippen LogP contribution in [0.5, 0.6) is 11.5 Å². The molecule has 10 nitrogen and oxygen atoms in total. The zero-order valence-electron chi connectivity index (χ0n) is 31.4. The van der Waals surface area contributed by atoms with E-state index >= 15 is 0 Å². The molecule has 1 saturated heterocycles. The van der Waals surface area contributed by atoms with E-state index < -0.39 is 27.6 Å². The third kappa shape index (κ3) is 10.4. The fraction of sp³-hybridized carbons (Fsp3) is 0.769. The first-order valence-corrected chi connectivity index (χ1v) is 18.1. The Morgan fingerprint density at radius 1 is 0.857 bits per heavy atom. The van der Waals surface area contributed by atoms with Gasteiger partial charge in [-0.25, -0.2) is 0 Å². The molecule has 1 aliphatic heterocycles. The molecular weight excluding hydrogens is 628 g/mol. The largest absolute Gasteiger partial charge is 0.508 e. The summed E-state index contributed by atoms with van der Waals surface area (Å²) in [4.78, 5) is 35.5. The van der Waals surface area contributed by atoms with Crippen molar-refractivity contribution in [3.8, 4) is 11.5 Å². The molecule has 1 heterocycles. The van der Waals surface area contributed by atoms with Crippen LogP contribution in [0.25, 0.3) is 0 Å². The molecule has 5 aliphatic rings. The Hall–Kier alpha value is -2.69. The number of aliphatic hydroxyl groups is 2. The molecule has 1 aromatic rings. The first-order chi connectivity index (χ1) is 22.7. The highest BCUT2D eigenvalue weighted by Crippen LogP contribution is 2.60. The van der Waals surface area contributed by atoms with Crippen LogP contribution in [0.2, 0.25) is 0 Å². The molecule has 0 radical (unpaired) electrons. The molecule has 6 rings (SSSR count). The van der Waals surface area contributed by atoms with Crippen molar-refractivity contribution in [2.75, 3.05) is 19.8 Å². The minimum atomic E-state index is -0.842. The molecule has 0 amide bonds. The summed E-state index contributed by atoms with van der Waals surface area (Å²) in [5, 5.41) is 30.4. The van der Waals surface area contributed by atoms with Crippen LogP contribution >= 0.6 is 0 Å². The van der Waals surface area contributed by atoms with E-state index in [1.807, 2.05) is 55.4 Å². The summed E-state index contributed by atoms with van der Waals surface area (Å²) in [6, 6.07) is 6.11. The van der Waals surface area contributed by atoms with E-state index in [4.69, 9.17) is 24.1 Å². The lowest BCUT2D eigenvalue weighted by Gasteiger charge is -2.62. The minimum absolute atomic E-state index is 0.0184. The molecule has 3 N–H and O–H groups in total. The molecular formula is C39H62O10. The normalized spacial score (nSPS) is 28.4. The summed E-state index contributed by atoms with van der Waals surface area (Å²) < 4.78 is 21.5. The van der Waals surface area contributed by atoms with Gasteiger partial charge in [-0.3, -0.25) is 14.4 Å². The van der Waals surface area contributed by atoms with Crippen molar-refractivity contribution in [3.05, 3.63) is 24.3 Å². The highest BCUT2D eigenvalue weighted by molar-refractivity contribution is 5.78. The topological polar surface area (TPSA) is 149 Å². The molecule has 4 saturated carbocycles.